The van der Waals surface area contributed by atoms with Crippen molar-refractivity contribution in [2.45, 2.75) is 12.6 Å². The molecular weight excluding hydrogens is 160 g/mol. The molecule has 0 heterocycles. The number of hydrogen-bond donors (Lipinski definition) is 0. The summed E-state index contributed by atoms with van der Waals surface area (Å²) >= 11 is 0. The minimum Gasteiger partial charge on any atom is -0.207 e. The maximum atomic E-state index is 12.2. The highest BCUT2D eigenvalue weighted by atomic mass is 19.4. The SMILES string of the molecule is FC1=CC[CH]C(C(F)(F)F)=C1. The second kappa shape index (κ2) is 2.68. The monoisotopic (exact) mass is 165 g/mol. The predicted molar refractivity (Wildman–Crippen MR) is 32.2 cm³/mol. The molecule has 0 fully saturated rings. The summed E-state index contributed by atoms with van der Waals surface area (Å²) in [5.74, 6) is -0.820. The first-order valence-corrected chi connectivity index (χ1v) is 2.98. The van der Waals surface area contributed by atoms with Crippen molar-refractivity contribution >= 4 is 0 Å². The summed E-state index contributed by atoms with van der Waals surface area (Å²) in [6, 6.07) is 0. The second-order valence-corrected chi connectivity index (χ2v) is 2.13. The molecular formula is C7H5F4. The molecule has 0 aliphatic heterocycles. The van der Waals surface area contributed by atoms with Gasteiger partial charge in [0.2, 0.25) is 0 Å². The molecule has 0 saturated heterocycles. The normalized spacial score (nSPS) is 19.3. The van der Waals surface area contributed by atoms with E-state index in [-0.39, 0.29) is 6.42 Å². The molecule has 0 amide bonds. The molecule has 1 radical (unpaired) electrons. The lowest BCUT2D eigenvalue weighted by Crippen LogP contribution is -2.13. The molecule has 0 saturated carbocycles. The first kappa shape index (κ1) is 8.30. The van der Waals surface area contributed by atoms with Crippen LogP contribution in [0.2, 0.25) is 0 Å². The molecule has 1 aliphatic carbocycles. The van der Waals surface area contributed by atoms with Crippen molar-refractivity contribution in [3.63, 3.8) is 0 Å². The van der Waals surface area contributed by atoms with E-state index in [2.05, 4.69) is 0 Å². The smallest absolute Gasteiger partial charge is 0.207 e. The van der Waals surface area contributed by atoms with E-state index in [1.807, 2.05) is 0 Å². The Kier molecular flexibility index (Phi) is 2.02. The number of rotatable bonds is 0. The molecule has 0 spiro atoms. The third-order valence-electron chi connectivity index (χ3n) is 1.27. The van der Waals surface area contributed by atoms with Gasteiger partial charge >= 0.3 is 6.18 Å². The Morgan fingerprint density at radius 2 is 1.91 bits per heavy atom. The molecule has 11 heavy (non-hydrogen) atoms. The van der Waals surface area contributed by atoms with Gasteiger partial charge in [-0.05, 0) is 25.0 Å². The van der Waals surface area contributed by atoms with Gasteiger partial charge in [-0.1, -0.05) is 0 Å². The van der Waals surface area contributed by atoms with Gasteiger partial charge < -0.3 is 0 Å². The van der Waals surface area contributed by atoms with Crippen LogP contribution >= 0.6 is 0 Å². The Hall–Kier alpha value is -0.800. The van der Waals surface area contributed by atoms with Crippen LogP contribution in [0.25, 0.3) is 0 Å². The van der Waals surface area contributed by atoms with E-state index in [4.69, 9.17) is 0 Å². The molecule has 0 aromatic carbocycles. The first-order chi connectivity index (χ1) is 5.00. The van der Waals surface area contributed by atoms with Crippen LogP contribution in [0.3, 0.4) is 0 Å². The topological polar surface area (TPSA) is 0 Å². The zero-order chi connectivity index (χ0) is 8.48. The van der Waals surface area contributed by atoms with Crippen molar-refractivity contribution in [1.29, 1.82) is 0 Å². The molecule has 0 bridgehead atoms. The maximum Gasteiger partial charge on any atom is 0.413 e. The molecule has 0 aromatic rings. The van der Waals surface area contributed by atoms with E-state index in [1.165, 1.54) is 0 Å². The molecule has 0 N–H and O–H groups in total. The molecule has 0 unspecified atom stereocenters. The lowest BCUT2D eigenvalue weighted by molar-refractivity contribution is -0.0902. The van der Waals surface area contributed by atoms with E-state index in [1.54, 1.807) is 0 Å². The summed E-state index contributed by atoms with van der Waals surface area (Å²) in [5.41, 5.74) is -0.905. The number of allylic oxidation sites excluding steroid dienone is 4. The average Bonchev–Trinajstić information content (AvgIpc) is 1.86. The molecule has 1 aliphatic rings. The van der Waals surface area contributed by atoms with Gasteiger partial charge in [-0.2, -0.15) is 13.2 Å². The zero-order valence-electron chi connectivity index (χ0n) is 5.45. The van der Waals surface area contributed by atoms with Gasteiger partial charge in [0.05, 0.1) is 0 Å². The molecule has 0 nitrogen and oxygen atoms in total. The Morgan fingerprint density at radius 3 is 2.27 bits per heavy atom. The third kappa shape index (κ3) is 2.06. The van der Waals surface area contributed by atoms with Crippen molar-refractivity contribution in [3.8, 4) is 0 Å². The quantitative estimate of drug-likeness (QED) is 0.484. The second-order valence-electron chi connectivity index (χ2n) is 2.13. The standard InChI is InChI=1S/C7H5F4/c8-6-3-1-2-5(4-6)7(9,10)11/h2-4H,1H2. The maximum absolute atomic E-state index is 12.2. The average molecular weight is 165 g/mol. The van der Waals surface area contributed by atoms with Crippen LogP contribution in [-0.2, 0) is 0 Å². The number of alkyl halides is 3. The molecule has 0 atom stereocenters. The van der Waals surface area contributed by atoms with E-state index >= 15 is 0 Å². The van der Waals surface area contributed by atoms with Crippen LogP contribution in [0.1, 0.15) is 6.42 Å². The van der Waals surface area contributed by atoms with Gasteiger partial charge in [-0.15, -0.1) is 0 Å². The van der Waals surface area contributed by atoms with Gasteiger partial charge in [0.25, 0.3) is 0 Å². The van der Waals surface area contributed by atoms with Gasteiger partial charge in [0, 0.05) is 5.57 Å². The minimum atomic E-state index is -4.42. The number of halogens is 4. The fraction of sp³-hybridized carbons (Fsp3) is 0.286. The summed E-state index contributed by atoms with van der Waals surface area (Å²) in [6.45, 7) is 0. The van der Waals surface area contributed by atoms with Crippen LogP contribution in [0.15, 0.2) is 23.6 Å². The summed E-state index contributed by atoms with van der Waals surface area (Å²) < 4.78 is 47.7. The Labute approximate surface area is 61.2 Å². The van der Waals surface area contributed by atoms with Crippen molar-refractivity contribution in [3.05, 3.63) is 30.0 Å². The van der Waals surface area contributed by atoms with E-state index < -0.39 is 17.6 Å². The van der Waals surface area contributed by atoms with Gasteiger partial charge in [-0.3, -0.25) is 0 Å². The van der Waals surface area contributed by atoms with E-state index in [0.717, 1.165) is 12.5 Å². The molecule has 1 rings (SSSR count). The van der Waals surface area contributed by atoms with Gasteiger partial charge in [-0.25, -0.2) is 4.39 Å². The lowest BCUT2D eigenvalue weighted by atomic mass is 10.0. The van der Waals surface area contributed by atoms with E-state index in [0.29, 0.717) is 6.08 Å². The summed E-state index contributed by atoms with van der Waals surface area (Å²) in [7, 11) is 0. The summed E-state index contributed by atoms with van der Waals surface area (Å²) in [5, 5.41) is 0. The Morgan fingerprint density at radius 1 is 1.27 bits per heavy atom. The fourth-order valence-corrected chi connectivity index (χ4v) is 0.762. The minimum absolute atomic E-state index is 0.0111. The highest BCUT2D eigenvalue weighted by Crippen LogP contribution is 2.32. The zero-order valence-corrected chi connectivity index (χ0v) is 5.45. The molecule has 0 aromatic heterocycles. The third-order valence-corrected chi connectivity index (χ3v) is 1.27. The van der Waals surface area contributed by atoms with Crippen molar-refractivity contribution in [1.82, 2.24) is 0 Å². The van der Waals surface area contributed by atoms with Crippen molar-refractivity contribution < 1.29 is 17.6 Å². The first-order valence-electron chi connectivity index (χ1n) is 2.98. The highest BCUT2D eigenvalue weighted by Gasteiger charge is 2.34. The Balaban J connectivity index is 2.82. The fourth-order valence-electron chi connectivity index (χ4n) is 0.762. The van der Waals surface area contributed by atoms with Crippen LogP contribution in [0, 0.1) is 6.42 Å². The van der Waals surface area contributed by atoms with E-state index in [9.17, 15) is 17.6 Å². The Bertz CT molecular complexity index is 209. The van der Waals surface area contributed by atoms with Crippen molar-refractivity contribution in [2.75, 3.05) is 0 Å². The van der Waals surface area contributed by atoms with Crippen molar-refractivity contribution in [2.24, 2.45) is 0 Å². The van der Waals surface area contributed by atoms with Crippen LogP contribution in [-0.4, -0.2) is 6.18 Å². The van der Waals surface area contributed by atoms with Crippen LogP contribution < -0.4 is 0 Å². The van der Waals surface area contributed by atoms with Crippen LogP contribution in [0.5, 0.6) is 0 Å². The lowest BCUT2D eigenvalue weighted by Gasteiger charge is -2.12. The summed E-state index contributed by atoms with van der Waals surface area (Å²) in [6.07, 6.45) is -1.88. The number of hydrogen-bond acceptors (Lipinski definition) is 0. The van der Waals surface area contributed by atoms with Gasteiger partial charge in [0.15, 0.2) is 0 Å². The summed E-state index contributed by atoms with van der Waals surface area (Å²) in [4.78, 5) is 0. The van der Waals surface area contributed by atoms with Gasteiger partial charge in [0.1, 0.15) is 5.83 Å². The molecule has 61 valence electrons. The highest BCUT2D eigenvalue weighted by molar-refractivity contribution is 5.32. The van der Waals surface area contributed by atoms with Crippen LogP contribution in [0.4, 0.5) is 17.6 Å². The molecule has 4 heteroatoms. The largest absolute Gasteiger partial charge is 0.413 e. The predicted octanol–water partition coefficient (Wildman–Crippen LogP) is 2.94.